The van der Waals surface area contributed by atoms with Gasteiger partial charge in [-0.3, -0.25) is 4.79 Å². The number of methoxy groups -OCH3 is 1. The summed E-state index contributed by atoms with van der Waals surface area (Å²) in [6.45, 7) is 0. The number of alkyl halides is 3. The van der Waals surface area contributed by atoms with Crippen molar-refractivity contribution >= 4 is 28.2 Å². The van der Waals surface area contributed by atoms with Gasteiger partial charge in [0.1, 0.15) is 4.88 Å². The predicted octanol–water partition coefficient (Wildman–Crippen LogP) is 2.55. The summed E-state index contributed by atoms with van der Waals surface area (Å²) in [6, 6.07) is 0. The Morgan fingerprint density at radius 2 is 2.14 bits per heavy atom. The molecule has 0 saturated carbocycles. The molecule has 0 saturated heterocycles. The lowest BCUT2D eigenvalue weighted by atomic mass is 10.4. The number of rotatable bonds is 2. The van der Waals surface area contributed by atoms with Crippen LogP contribution in [0.15, 0.2) is 0 Å². The number of aromatic nitrogens is 1. The average molecular weight is 246 g/mol. The summed E-state index contributed by atoms with van der Waals surface area (Å²) in [7, 11) is 1.15. The second-order valence-corrected chi connectivity index (χ2v) is 3.44. The molecule has 0 spiro atoms. The molecule has 0 fully saturated rings. The van der Waals surface area contributed by atoms with Crippen LogP contribution in [0.4, 0.5) is 13.2 Å². The van der Waals surface area contributed by atoms with Crippen LogP contribution in [0.2, 0.25) is 0 Å². The van der Waals surface area contributed by atoms with Gasteiger partial charge in [-0.25, -0.2) is 0 Å². The summed E-state index contributed by atoms with van der Waals surface area (Å²) < 4.78 is 41.2. The number of hydrogen-bond acceptors (Lipinski definition) is 4. The molecule has 1 heterocycles. The van der Waals surface area contributed by atoms with E-state index in [0.29, 0.717) is 11.3 Å². The molecule has 0 N–H and O–H groups in total. The number of carbonyl (C=O) groups excluding carboxylic acids is 1. The average Bonchev–Trinajstić information content (AvgIpc) is 2.46. The molecule has 78 valence electrons. The zero-order chi connectivity index (χ0) is 10.9. The molecular weight excluding hydrogens is 243 g/mol. The number of carbonyl (C=O) groups is 1. The van der Waals surface area contributed by atoms with Crippen molar-refractivity contribution in [3.05, 3.63) is 10.6 Å². The molecule has 0 bridgehead atoms. The van der Waals surface area contributed by atoms with Crippen LogP contribution in [0.1, 0.15) is 15.4 Å². The van der Waals surface area contributed by atoms with Gasteiger partial charge in [-0.2, -0.15) is 18.2 Å². The van der Waals surface area contributed by atoms with E-state index < -0.39 is 22.0 Å². The lowest BCUT2D eigenvalue weighted by Crippen LogP contribution is -2.09. The van der Waals surface area contributed by atoms with Gasteiger partial charge < -0.3 is 4.74 Å². The number of nitrogens with zero attached hydrogens (tertiary/aromatic N) is 1. The van der Waals surface area contributed by atoms with Crippen molar-refractivity contribution in [1.29, 1.82) is 0 Å². The van der Waals surface area contributed by atoms with Gasteiger partial charge in [-0.05, 0) is 11.6 Å². The third kappa shape index (κ3) is 2.16. The SMILES string of the molecule is COc1nc(C(F)(F)F)c(C(=O)Cl)s1. The molecule has 0 aliphatic carbocycles. The van der Waals surface area contributed by atoms with Crippen molar-refractivity contribution in [3.63, 3.8) is 0 Å². The van der Waals surface area contributed by atoms with Crippen molar-refractivity contribution in [2.75, 3.05) is 7.11 Å². The van der Waals surface area contributed by atoms with Crippen molar-refractivity contribution in [2.45, 2.75) is 6.18 Å². The summed E-state index contributed by atoms with van der Waals surface area (Å²) in [5.74, 6) is 0. The first kappa shape index (κ1) is 11.3. The van der Waals surface area contributed by atoms with Gasteiger partial charge in [0.2, 0.25) is 0 Å². The zero-order valence-corrected chi connectivity index (χ0v) is 8.26. The number of hydrogen-bond donors (Lipinski definition) is 0. The molecule has 1 rings (SSSR count). The molecule has 14 heavy (non-hydrogen) atoms. The van der Waals surface area contributed by atoms with Crippen LogP contribution >= 0.6 is 22.9 Å². The molecule has 0 aromatic carbocycles. The van der Waals surface area contributed by atoms with E-state index in [4.69, 9.17) is 11.6 Å². The molecule has 3 nitrogen and oxygen atoms in total. The summed E-state index contributed by atoms with van der Waals surface area (Å²) in [4.78, 5) is 13.1. The highest BCUT2D eigenvalue weighted by Gasteiger charge is 2.39. The Morgan fingerprint density at radius 1 is 1.57 bits per heavy atom. The molecule has 0 aliphatic rings. The molecule has 0 atom stereocenters. The maximum absolute atomic E-state index is 12.2. The fourth-order valence-electron chi connectivity index (χ4n) is 0.713. The predicted molar refractivity (Wildman–Crippen MR) is 43.9 cm³/mol. The van der Waals surface area contributed by atoms with Gasteiger partial charge in [-0.1, -0.05) is 11.3 Å². The molecule has 0 amide bonds. The standard InChI is InChI=1S/C6H3ClF3NO2S/c1-13-5-11-3(6(8,9)10)2(14-5)4(7)12/h1H3. The lowest BCUT2D eigenvalue weighted by Gasteiger charge is -2.02. The van der Waals surface area contributed by atoms with Crippen molar-refractivity contribution < 1.29 is 22.7 Å². The van der Waals surface area contributed by atoms with Gasteiger partial charge >= 0.3 is 6.18 Å². The van der Waals surface area contributed by atoms with E-state index in [1.54, 1.807) is 0 Å². The first-order valence-corrected chi connectivity index (χ1v) is 4.37. The van der Waals surface area contributed by atoms with Gasteiger partial charge in [0.25, 0.3) is 10.4 Å². The molecule has 8 heteroatoms. The Balaban J connectivity index is 3.26. The van der Waals surface area contributed by atoms with Gasteiger partial charge in [0, 0.05) is 0 Å². The molecular formula is C6H3ClF3NO2S. The molecule has 0 unspecified atom stereocenters. The van der Waals surface area contributed by atoms with Crippen LogP contribution in [0.3, 0.4) is 0 Å². The Bertz CT molecular complexity index is 362. The molecule has 1 aromatic heterocycles. The van der Waals surface area contributed by atoms with Crippen molar-refractivity contribution in [3.8, 4) is 5.19 Å². The first-order valence-electron chi connectivity index (χ1n) is 3.18. The molecule has 0 aliphatic heterocycles. The molecule has 0 radical (unpaired) electrons. The maximum Gasteiger partial charge on any atom is 0.435 e. The van der Waals surface area contributed by atoms with Gasteiger partial charge in [0.15, 0.2) is 5.69 Å². The van der Waals surface area contributed by atoms with Crippen LogP contribution in [0.25, 0.3) is 0 Å². The van der Waals surface area contributed by atoms with Crippen LogP contribution in [-0.4, -0.2) is 17.3 Å². The second kappa shape index (κ2) is 3.74. The summed E-state index contributed by atoms with van der Waals surface area (Å²) >= 11 is 5.42. The number of halogens is 4. The van der Waals surface area contributed by atoms with E-state index in [-0.39, 0.29) is 5.19 Å². The Morgan fingerprint density at radius 3 is 2.43 bits per heavy atom. The van der Waals surface area contributed by atoms with E-state index in [1.165, 1.54) is 0 Å². The fourth-order valence-corrected chi connectivity index (χ4v) is 1.65. The Kier molecular flexibility index (Phi) is 3.01. The third-order valence-corrected chi connectivity index (χ3v) is 2.55. The largest absolute Gasteiger partial charge is 0.473 e. The van der Waals surface area contributed by atoms with Gasteiger partial charge in [0.05, 0.1) is 7.11 Å². The van der Waals surface area contributed by atoms with Crippen molar-refractivity contribution in [1.82, 2.24) is 4.98 Å². The summed E-state index contributed by atoms with van der Waals surface area (Å²) in [5, 5.41) is -1.44. The van der Waals surface area contributed by atoms with Crippen LogP contribution < -0.4 is 4.74 Å². The minimum Gasteiger partial charge on any atom is -0.473 e. The van der Waals surface area contributed by atoms with E-state index in [2.05, 4.69) is 9.72 Å². The highest BCUT2D eigenvalue weighted by molar-refractivity contribution is 7.17. The Hall–Kier alpha value is -0.820. The minimum atomic E-state index is -4.70. The number of thiazole rings is 1. The quantitative estimate of drug-likeness (QED) is 0.752. The lowest BCUT2D eigenvalue weighted by molar-refractivity contribution is -0.141. The van der Waals surface area contributed by atoms with E-state index >= 15 is 0 Å². The molecule has 1 aromatic rings. The topological polar surface area (TPSA) is 39.2 Å². The second-order valence-electron chi connectivity index (χ2n) is 2.13. The zero-order valence-electron chi connectivity index (χ0n) is 6.68. The smallest absolute Gasteiger partial charge is 0.435 e. The monoisotopic (exact) mass is 245 g/mol. The first-order chi connectivity index (χ1) is 6.36. The van der Waals surface area contributed by atoms with Gasteiger partial charge in [-0.15, -0.1) is 0 Å². The highest BCUT2D eigenvalue weighted by atomic mass is 35.5. The van der Waals surface area contributed by atoms with E-state index in [1.807, 2.05) is 0 Å². The third-order valence-electron chi connectivity index (χ3n) is 1.23. The summed E-state index contributed by atoms with van der Waals surface area (Å²) in [6.07, 6.45) is -4.70. The van der Waals surface area contributed by atoms with Crippen LogP contribution in [0, 0.1) is 0 Å². The van der Waals surface area contributed by atoms with Crippen LogP contribution in [0.5, 0.6) is 5.19 Å². The summed E-state index contributed by atoms with van der Waals surface area (Å²) in [5.41, 5.74) is -1.31. The van der Waals surface area contributed by atoms with E-state index in [9.17, 15) is 18.0 Å². The van der Waals surface area contributed by atoms with Crippen molar-refractivity contribution in [2.24, 2.45) is 0 Å². The highest BCUT2D eigenvalue weighted by Crippen LogP contribution is 2.37. The Labute approximate surface area is 85.5 Å². The fraction of sp³-hybridized carbons (Fsp3) is 0.333. The van der Waals surface area contributed by atoms with Crippen LogP contribution in [-0.2, 0) is 6.18 Å². The van der Waals surface area contributed by atoms with E-state index in [0.717, 1.165) is 7.11 Å². The minimum absolute atomic E-state index is 0.249. The maximum atomic E-state index is 12.2. The number of ether oxygens (including phenoxy) is 1. The normalized spacial score (nSPS) is 11.5.